The van der Waals surface area contributed by atoms with Crippen LogP contribution in [-0.2, 0) is 54.5 Å². The lowest BCUT2D eigenvalue weighted by atomic mass is 9.92. The van der Waals surface area contributed by atoms with Gasteiger partial charge in [-0.3, -0.25) is 43.3 Å². The summed E-state index contributed by atoms with van der Waals surface area (Å²) in [6.45, 7) is 8.92. The lowest BCUT2D eigenvalue weighted by Gasteiger charge is -2.38. The van der Waals surface area contributed by atoms with E-state index in [2.05, 4.69) is 26.6 Å². The van der Waals surface area contributed by atoms with Crippen LogP contribution >= 0.6 is 0 Å². The number of aliphatic hydroxyl groups is 3. The molecular formula is C44H72N10O15. The molecule has 0 heterocycles. The normalized spacial score (nSPS) is 15.6. The molecule has 388 valence electrons. The van der Waals surface area contributed by atoms with Crippen LogP contribution in [0.15, 0.2) is 30.3 Å². The molecule has 16 N–H and O–H groups in total. The van der Waals surface area contributed by atoms with E-state index in [0.29, 0.717) is 4.90 Å². The number of alkyl carbamates (subject to hydrolysis) is 1. The third-order valence-corrected chi connectivity index (χ3v) is 10.7. The maximum absolute atomic E-state index is 14.8. The molecule has 0 aliphatic heterocycles. The second-order valence-electron chi connectivity index (χ2n) is 17.4. The summed E-state index contributed by atoms with van der Waals surface area (Å²) in [7, 11) is 0. The van der Waals surface area contributed by atoms with Gasteiger partial charge in [0.15, 0.2) is 0 Å². The van der Waals surface area contributed by atoms with E-state index in [-0.39, 0.29) is 44.8 Å². The molecule has 0 bridgehead atoms. The number of carbonyl (C=O) groups is 10. The highest BCUT2D eigenvalue weighted by molar-refractivity contribution is 6.06. The maximum atomic E-state index is 14.8. The Kier molecular flexibility index (Phi) is 26.6. The molecule has 0 unspecified atom stereocenters. The van der Waals surface area contributed by atoms with Gasteiger partial charge < -0.3 is 74.3 Å². The molecule has 0 fully saturated rings. The van der Waals surface area contributed by atoms with Crippen LogP contribution in [0, 0.1) is 17.8 Å². The molecule has 10 atom stereocenters. The molecule has 9 amide bonds. The number of hydrogen-bond donors (Lipinski definition) is 13. The van der Waals surface area contributed by atoms with Gasteiger partial charge in [-0.25, -0.2) is 9.59 Å². The van der Waals surface area contributed by atoms with Crippen LogP contribution in [0.2, 0.25) is 0 Å². The predicted molar refractivity (Wildman–Crippen MR) is 246 cm³/mol. The molecule has 0 spiro atoms. The number of nitrogens with one attached hydrogen (secondary N) is 6. The van der Waals surface area contributed by atoms with Crippen molar-refractivity contribution < 1.29 is 73.1 Å². The highest BCUT2D eigenvalue weighted by atomic mass is 16.5. The van der Waals surface area contributed by atoms with Gasteiger partial charge in [0.05, 0.1) is 37.8 Å². The monoisotopic (exact) mass is 981 g/mol. The number of carboxylic acids is 1. The standard InChI is InChI=1S/C44H72N10O15/c1-8-24(6)35(40(63)53-34(25(7)56)39(62)49-19-32(58)50-28(18-31(46)57)37(60)52-30(20-55)43(66)67)54(42(65)29(17-22(2)3)51-38(61)33(47)36(59)23(4)5)41(64)27(45)15-12-16-48-44(68)69-21-26-13-10-9-11-14-26/h9-11,13-14,22-25,27-30,33-36,55-56,59H,8,12,15-21,45,47H2,1-7H3,(H2,46,57)(H,48,68)(H,49,62)(H,50,58)(H,51,61)(H,52,60)(H,53,63)(H,66,67)/t24-,25-,27+,28-,29-,30-,33-,34-,35-,36+/m0/s1. The Hall–Kier alpha value is -6.28. The zero-order valence-corrected chi connectivity index (χ0v) is 40.1. The number of nitrogens with two attached hydrogens (primary N) is 3. The first-order valence-corrected chi connectivity index (χ1v) is 22.6. The molecule has 0 radical (unpaired) electrons. The van der Waals surface area contributed by atoms with Gasteiger partial charge in [-0.1, -0.05) is 78.3 Å². The van der Waals surface area contributed by atoms with Gasteiger partial charge in [-0.05, 0) is 49.5 Å². The fraction of sp³-hybridized carbons (Fsp3) is 0.636. The van der Waals surface area contributed by atoms with Gasteiger partial charge in [-0.2, -0.15) is 0 Å². The molecule has 25 heteroatoms. The summed E-state index contributed by atoms with van der Waals surface area (Å²) < 4.78 is 5.21. The Morgan fingerprint density at radius 1 is 0.754 bits per heavy atom. The topological polar surface area (TPSA) is 414 Å². The molecule has 69 heavy (non-hydrogen) atoms. The number of benzene rings is 1. The minimum Gasteiger partial charge on any atom is -0.480 e. The highest BCUT2D eigenvalue weighted by Crippen LogP contribution is 2.22. The fourth-order valence-electron chi connectivity index (χ4n) is 6.56. The average molecular weight is 981 g/mol. The third kappa shape index (κ3) is 20.9. The van der Waals surface area contributed by atoms with Crippen molar-refractivity contribution in [1.29, 1.82) is 0 Å². The predicted octanol–water partition coefficient (Wildman–Crippen LogP) is -3.43. The zero-order valence-electron chi connectivity index (χ0n) is 40.1. The smallest absolute Gasteiger partial charge is 0.407 e. The molecule has 25 nitrogen and oxygen atoms in total. The van der Waals surface area contributed by atoms with Crippen LogP contribution in [0.5, 0.6) is 0 Å². The van der Waals surface area contributed by atoms with E-state index in [0.717, 1.165) is 12.5 Å². The van der Waals surface area contributed by atoms with E-state index in [1.165, 1.54) is 6.92 Å². The maximum Gasteiger partial charge on any atom is 0.407 e. The van der Waals surface area contributed by atoms with Crippen LogP contribution in [-0.4, -0.2) is 159 Å². The van der Waals surface area contributed by atoms with E-state index in [1.807, 2.05) is 5.32 Å². The molecule has 0 saturated carbocycles. The fourth-order valence-corrected chi connectivity index (χ4v) is 6.56. The number of nitrogens with zero attached hydrogens (tertiary/aromatic N) is 1. The van der Waals surface area contributed by atoms with Crippen molar-refractivity contribution in [2.75, 3.05) is 19.7 Å². The first kappa shape index (κ1) is 60.7. The Labute approximate surface area is 400 Å². The van der Waals surface area contributed by atoms with Gasteiger partial charge in [0.25, 0.3) is 5.91 Å². The largest absolute Gasteiger partial charge is 0.480 e. The number of aliphatic hydroxyl groups excluding tert-OH is 3. The minimum atomic E-state index is -1.88. The van der Waals surface area contributed by atoms with Crippen LogP contribution in [0.3, 0.4) is 0 Å². The number of ether oxygens (including phenoxy) is 1. The van der Waals surface area contributed by atoms with E-state index >= 15 is 0 Å². The van der Waals surface area contributed by atoms with E-state index in [1.54, 1.807) is 65.0 Å². The lowest BCUT2D eigenvalue weighted by Crippen LogP contribution is -2.65. The quantitative estimate of drug-likeness (QED) is 0.0334. The summed E-state index contributed by atoms with van der Waals surface area (Å²) in [6.07, 6.45) is -4.63. The zero-order chi connectivity index (χ0) is 52.7. The van der Waals surface area contributed by atoms with Gasteiger partial charge >= 0.3 is 12.1 Å². The molecule has 0 aromatic heterocycles. The summed E-state index contributed by atoms with van der Waals surface area (Å²) in [5.74, 6) is -12.2. The van der Waals surface area contributed by atoms with E-state index in [4.69, 9.17) is 27.0 Å². The highest BCUT2D eigenvalue weighted by Gasteiger charge is 2.44. The van der Waals surface area contributed by atoms with Crippen LogP contribution in [0.25, 0.3) is 0 Å². The number of primary amides is 1. The summed E-state index contributed by atoms with van der Waals surface area (Å²) in [6, 6.07) is -2.84. The van der Waals surface area contributed by atoms with Crippen LogP contribution in [0.1, 0.15) is 86.1 Å². The number of hydrogen-bond acceptors (Lipinski definition) is 16. The molecule has 0 aliphatic rings. The second-order valence-corrected chi connectivity index (χ2v) is 17.4. The molecule has 1 aromatic rings. The third-order valence-electron chi connectivity index (χ3n) is 10.7. The van der Waals surface area contributed by atoms with Crippen LogP contribution in [0.4, 0.5) is 4.79 Å². The summed E-state index contributed by atoms with van der Waals surface area (Å²) in [5, 5.41) is 53.3. The average Bonchev–Trinajstić information content (AvgIpc) is 3.29. The van der Waals surface area contributed by atoms with Crippen molar-refractivity contribution in [3.8, 4) is 0 Å². The molecule has 1 aromatic carbocycles. The first-order chi connectivity index (χ1) is 32.3. The van der Waals surface area contributed by atoms with E-state index < -0.39 is 145 Å². The van der Waals surface area contributed by atoms with Crippen molar-refractivity contribution in [1.82, 2.24) is 36.8 Å². The van der Waals surface area contributed by atoms with Crippen molar-refractivity contribution in [2.45, 2.75) is 142 Å². The Balaban J connectivity index is 3.54. The van der Waals surface area contributed by atoms with Gasteiger partial charge in [0.2, 0.25) is 41.4 Å². The summed E-state index contributed by atoms with van der Waals surface area (Å²) in [5.41, 5.74) is 18.4. The second kappa shape index (κ2) is 30.3. The summed E-state index contributed by atoms with van der Waals surface area (Å²) >= 11 is 0. The summed E-state index contributed by atoms with van der Waals surface area (Å²) in [4.78, 5) is 132. The molecular weight excluding hydrogens is 909 g/mol. The number of imide groups is 1. The van der Waals surface area contributed by atoms with E-state index in [9.17, 15) is 63.3 Å². The number of rotatable bonds is 30. The number of carbonyl (C=O) groups excluding carboxylic acids is 9. The van der Waals surface area contributed by atoms with Gasteiger partial charge in [0.1, 0.15) is 42.9 Å². The Bertz CT molecular complexity index is 1900. The number of carboxylic acid groups (broad SMARTS) is 1. The minimum absolute atomic E-state index is 0.00726. The number of aliphatic carboxylic acids is 1. The molecule has 1 rings (SSSR count). The SMILES string of the molecule is CC[C@H](C)[C@@H](C(=O)N[C@H](C(=O)NCC(=O)N[C@@H](CC(N)=O)C(=O)N[C@@H](CO)C(=O)O)[C@H](C)O)N(C(=O)[C@H](N)CCCNC(=O)OCc1ccccc1)C(=O)[C@H](CC(C)C)NC(=O)[C@@H](N)[C@H](O)C(C)C. The Morgan fingerprint density at radius 2 is 1.36 bits per heavy atom. The Morgan fingerprint density at radius 3 is 1.88 bits per heavy atom. The molecule has 0 saturated heterocycles. The van der Waals surface area contributed by atoms with Crippen molar-refractivity contribution in [3.63, 3.8) is 0 Å². The van der Waals surface area contributed by atoms with Crippen molar-refractivity contribution in [3.05, 3.63) is 35.9 Å². The van der Waals surface area contributed by atoms with Crippen molar-refractivity contribution >= 4 is 59.3 Å². The van der Waals surface area contributed by atoms with Gasteiger partial charge in [0, 0.05) is 6.54 Å². The van der Waals surface area contributed by atoms with Gasteiger partial charge in [-0.15, -0.1) is 0 Å². The molecule has 0 aliphatic carbocycles. The van der Waals surface area contributed by atoms with Crippen LogP contribution < -0.4 is 49.1 Å². The number of amides is 9. The lowest BCUT2D eigenvalue weighted by molar-refractivity contribution is -0.157. The first-order valence-electron chi connectivity index (χ1n) is 22.6. The van der Waals surface area contributed by atoms with Crippen molar-refractivity contribution in [2.24, 2.45) is 35.0 Å².